The summed E-state index contributed by atoms with van der Waals surface area (Å²) in [5.74, 6) is -1.47. The average Bonchev–Trinajstić information content (AvgIpc) is 3.79. The van der Waals surface area contributed by atoms with Crippen molar-refractivity contribution in [3.05, 3.63) is 107 Å². The van der Waals surface area contributed by atoms with Gasteiger partial charge in [0.1, 0.15) is 22.9 Å². The Balaban J connectivity index is 1.17. The van der Waals surface area contributed by atoms with E-state index in [4.69, 9.17) is 5.10 Å². The molecule has 228 valence electrons. The van der Waals surface area contributed by atoms with Gasteiger partial charge in [-0.1, -0.05) is 0 Å². The number of rotatable bonds is 6. The number of carbonyl (C=O) groups is 2. The van der Waals surface area contributed by atoms with Crippen LogP contribution < -0.4 is 10.0 Å². The summed E-state index contributed by atoms with van der Waals surface area (Å²) < 4.78 is 36.1. The molecule has 15 heteroatoms. The van der Waals surface area contributed by atoms with Gasteiger partial charge >= 0.3 is 0 Å². The lowest BCUT2D eigenvalue weighted by Crippen LogP contribution is -2.44. The third-order valence-electron chi connectivity index (χ3n) is 7.65. The maximum Gasteiger partial charge on any atom is 0.274 e. The van der Waals surface area contributed by atoms with Crippen molar-refractivity contribution < 1.29 is 18.4 Å². The SMILES string of the molecule is Cn1ccc(C(=O)N2CCC(N3SNC(c4ccc(F)cc4)=C3c3ccc4nc(NC(=O)c5ccnc(F)c5)cn4n3)CC2)n1. The van der Waals surface area contributed by atoms with Crippen LogP contribution in [-0.4, -0.2) is 69.5 Å². The zero-order valence-electron chi connectivity index (χ0n) is 23.9. The van der Waals surface area contributed by atoms with Crippen LogP contribution in [-0.2, 0) is 7.05 Å². The summed E-state index contributed by atoms with van der Waals surface area (Å²) in [5.41, 5.74) is 4.01. The maximum atomic E-state index is 13.8. The predicted octanol–water partition coefficient (Wildman–Crippen LogP) is 3.99. The van der Waals surface area contributed by atoms with E-state index in [0.29, 0.717) is 43.0 Å². The number of nitrogens with zero attached hydrogens (tertiary/aromatic N) is 8. The van der Waals surface area contributed by atoms with Crippen LogP contribution in [0, 0.1) is 11.8 Å². The van der Waals surface area contributed by atoms with E-state index in [1.54, 1.807) is 52.9 Å². The third kappa shape index (κ3) is 5.69. The number of hydrogen-bond donors (Lipinski definition) is 2. The van der Waals surface area contributed by atoms with E-state index < -0.39 is 11.9 Å². The second-order valence-electron chi connectivity index (χ2n) is 10.6. The summed E-state index contributed by atoms with van der Waals surface area (Å²) in [6.45, 7) is 1.13. The summed E-state index contributed by atoms with van der Waals surface area (Å²) in [5, 5.41) is 11.8. The van der Waals surface area contributed by atoms with Gasteiger partial charge in [0.2, 0.25) is 5.95 Å². The van der Waals surface area contributed by atoms with Gasteiger partial charge in [0, 0.05) is 55.8 Å². The number of anilines is 1. The number of benzene rings is 1. The van der Waals surface area contributed by atoms with Gasteiger partial charge in [0.25, 0.3) is 11.8 Å². The molecule has 7 rings (SSSR count). The van der Waals surface area contributed by atoms with Crippen molar-refractivity contribution in [2.45, 2.75) is 18.9 Å². The van der Waals surface area contributed by atoms with E-state index in [1.807, 2.05) is 11.0 Å². The minimum Gasteiger partial charge on any atom is -0.337 e. The van der Waals surface area contributed by atoms with E-state index in [9.17, 15) is 18.4 Å². The molecule has 0 atom stereocenters. The zero-order chi connectivity index (χ0) is 31.1. The molecule has 0 radical (unpaired) electrons. The molecule has 0 spiro atoms. The number of nitrogens with one attached hydrogen (secondary N) is 2. The molecule has 2 aliphatic rings. The van der Waals surface area contributed by atoms with Crippen molar-refractivity contribution >= 4 is 46.8 Å². The number of aromatic nitrogens is 6. The molecule has 1 fully saturated rings. The number of halogens is 2. The molecule has 0 saturated carbocycles. The molecule has 2 aliphatic heterocycles. The van der Waals surface area contributed by atoms with E-state index in [-0.39, 0.29) is 29.1 Å². The Labute approximate surface area is 260 Å². The normalized spacial score (nSPS) is 15.5. The number of hydrogen-bond acceptors (Lipinski definition) is 9. The van der Waals surface area contributed by atoms with Crippen LogP contribution in [0.3, 0.4) is 0 Å². The number of carbonyl (C=O) groups excluding carboxylic acids is 2. The standard InChI is InChI=1S/C30H26F2N10O2S/c1-39-13-11-23(36-39)30(44)40-14-9-21(10-15-40)42-28(27(38-45-42)18-2-4-20(31)5-3-18)22-6-7-26-34-25(17-41(26)37-22)35-29(43)19-8-12-33-24(32)16-19/h2-8,11-13,16-17,21,38H,9-10,14-15H2,1H3,(H,35,43). The Bertz CT molecular complexity index is 1950. The molecular formula is C30H26F2N10O2S. The Kier molecular flexibility index (Phi) is 7.37. The largest absolute Gasteiger partial charge is 0.337 e. The zero-order valence-corrected chi connectivity index (χ0v) is 24.7. The summed E-state index contributed by atoms with van der Waals surface area (Å²) in [6, 6.07) is 14.1. The summed E-state index contributed by atoms with van der Waals surface area (Å²) in [7, 11) is 1.78. The van der Waals surface area contributed by atoms with Gasteiger partial charge in [-0.3, -0.25) is 18.6 Å². The predicted molar refractivity (Wildman–Crippen MR) is 163 cm³/mol. The first kappa shape index (κ1) is 28.5. The number of fused-ring (bicyclic) bond motifs is 1. The lowest BCUT2D eigenvalue weighted by atomic mass is 10.0. The smallest absolute Gasteiger partial charge is 0.274 e. The number of amides is 2. The molecule has 1 aromatic carbocycles. The number of imidazole rings is 1. The molecule has 0 unspecified atom stereocenters. The van der Waals surface area contributed by atoms with Crippen molar-refractivity contribution in [2.75, 3.05) is 18.4 Å². The first-order valence-corrected chi connectivity index (χ1v) is 14.9. The number of likely N-dealkylation sites (tertiary alicyclic amines) is 1. The van der Waals surface area contributed by atoms with E-state index in [0.717, 1.165) is 23.0 Å². The summed E-state index contributed by atoms with van der Waals surface area (Å²) in [4.78, 5) is 35.4. The van der Waals surface area contributed by atoms with Crippen LogP contribution >= 0.6 is 12.1 Å². The lowest BCUT2D eigenvalue weighted by Gasteiger charge is -2.36. The topological polar surface area (TPSA) is 126 Å². The first-order valence-electron chi connectivity index (χ1n) is 14.1. The summed E-state index contributed by atoms with van der Waals surface area (Å²) >= 11 is 1.42. The molecule has 0 bridgehead atoms. The molecule has 45 heavy (non-hydrogen) atoms. The Hall–Kier alpha value is -5.31. The molecule has 1 saturated heterocycles. The van der Waals surface area contributed by atoms with E-state index >= 15 is 0 Å². The fourth-order valence-corrected chi connectivity index (χ4v) is 6.44. The van der Waals surface area contributed by atoms with Gasteiger partial charge in [0.15, 0.2) is 11.5 Å². The minimum atomic E-state index is -0.757. The summed E-state index contributed by atoms with van der Waals surface area (Å²) in [6.07, 6.45) is 5.98. The van der Waals surface area contributed by atoms with Crippen LogP contribution in [0.4, 0.5) is 14.6 Å². The Morgan fingerprint density at radius 1 is 1.02 bits per heavy atom. The molecular weight excluding hydrogens is 602 g/mol. The van der Waals surface area contributed by atoms with Crippen molar-refractivity contribution in [2.24, 2.45) is 7.05 Å². The molecule has 0 aliphatic carbocycles. The van der Waals surface area contributed by atoms with E-state index in [2.05, 4.69) is 29.4 Å². The van der Waals surface area contributed by atoms with Gasteiger partial charge in [-0.05, 0) is 61.4 Å². The monoisotopic (exact) mass is 628 g/mol. The molecule has 4 aromatic heterocycles. The molecule has 5 aromatic rings. The van der Waals surface area contributed by atoms with Crippen LogP contribution in [0.5, 0.6) is 0 Å². The second-order valence-corrected chi connectivity index (χ2v) is 11.4. The number of aryl methyl sites for hydroxylation is 1. The molecule has 2 N–H and O–H groups in total. The minimum absolute atomic E-state index is 0.0686. The van der Waals surface area contributed by atoms with E-state index in [1.165, 1.54) is 36.5 Å². The van der Waals surface area contributed by atoms with Gasteiger partial charge in [-0.25, -0.2) is 18.9 Å². The fraction of sp³-hybridized carbons (Fsp3) is 0.200. The molecule has 6 heterocycles. The van der Waals surface area contributed by atoms with Gasteiger partial charge in [-0.15, -0.1) is 0 Å². The van der Waals surface area contributed by atoms with Crippen LogP contribution in [0.25, 0.3) is 17.0 Å². The lowest BCUT2D eigenvalue weighted by molar-refractivity contribution is 0.0688. The third-order valence-corrected chi connectivity index (χ3v) is 8.62. The Morgan fingerprint density at radius 3 is 2.56 bits per heavy atom. The number of piperidine rings is 1. The average molecular weight is 629 g/mol. The van der Waals surface area contributed by atoms with Crippen LogP contribution in [0.15, 0.2) is 73.2 Å². The van der Waals surface area contributed by atoms with Crippen molar-refractivity contribution in [3.8, 4) is 0 Å². The van der Waals surface area contributed by atoms with Gasteiger partial charge in [0.05, 0.1) is 24.0 Å². The highest BCUT2D eigenvalue weighted by atomic mass is 32.2. The van der Waals surface area contributed by atoms with Crippen molar-refractivity contribution in [1.82, 2.24) is 43.3 Å². The number of pyridine rings is 1. The highest BCUT2D eigenvalue weighted by molar-refractivity contribution is 7.96. The second kappa shape index (κ2) is 11.6. The van der Waals surface area contributed by atoms with Crippen LogP contribution in [0.2, 0.25) is 0 Å². The quantitative estimate of drug-likeness (QED) is 0.212. The fourth-order valence-electron chi connectivity index (χ4n) is 5.40. The van der Waals surface area contributed by atoms with Crippen LogP contribution in [0.1, 0.15) is 44.9 Å². The Morgan fingerprint density at radius 2 is 1.82 bits per heavy atom. The first-order chi connectivity index (χ1) is 21.8. The molecule has 2 amide bonds. The molecule has 12 nitrogen and oxygen atoms in total. The van der Waals surface area contributed by atoms with Gasteiger partial charge < -0.3 is 14.9 Å². The van der Waals surface area contributed by atoms with Crippen molar-refractivity contribution in [1.29, 1.82) is 0 Å². The highest BCUT2D eigenvalue weighted by Gasteiger charge is 2.36. The van der Waals surface area contributed by atoms with Gasteiger partial charge in [-0.2, -0.15) is 14.6 Å². The van der Waals surface area contributed by atoms with Crippen molar-refractivity contribution in [3.63, 3.8) is 0 Å². The highest BCUT2D eigenvalue weighted by Crippen LogP contribution is 2.41. The maximum absolute atomic E-state index is 13.8.